The van der Waals surface area contributed by atoms with Crippen LogP contribution in [0.4, 0.5) is 5.69 Å². The molecule has 0 radical (unpaired) electrons. The van der Waals surface area contributed by atoms with Crippen molar-refractivity contribution in [3.63, 3.8) is 0 Å². The van der Waals surface area contributed by atoms with Gasteiger partial charge in [-0.3, -0.25) is 9.69 Å². The second kappa shape index (κ2) is 6.36. The number of halogens is 1. The number of carbonyl (C=O) groups excluding carboxylic acids is 1. The number of anilines is 1. The summed E-state index contributed by atoms with van der Waals surface area (Å²) in [5.74, 6) is -0.173. The van der Waals surface area contributed by atoms with E-state index in [1.807, 2.05) is 18.2 Å². The number of alkyl halides is 1. The topological polar surface area (TPSA) is 29.5 Å². The number of hydrogen-bond donors (Lipinski definition) is 0. The van der Waals surface area contributed by atoms with Crippen molar-refractivity contribution in [1.29, 1.82) is 0 Å². The first-order valence-corrected chi connectivity index (χ1v) is 9.90. The van der Waals surface area contributed by atoms with Gasteiger partial charge in [0.15, 0.2) is 0 Å². The number of hydrogen-bond acceptors (Lipinski definition) is 2. The molecule has 0 aliphatic heterocycles. The van der Waals surface area contributed by atoms with Crippen LogP contribution in [-0.2, 0) is 9.53 Å². The van der Waals surface area contributed by atoms with E-state index in [9.17, 15) is 4.79 Å². The molecule has 100 valence electrons. The Bertz CT molecular complexity index is 418. The number of nitrogens with zero attached hydrogens (tertiary/aromatic N) is 1. The van der Waals surface area contributed by atoms with E-state index in [4.69, 9.17) is 16.3 Å². The molecule has 0 atom stereocenters. The van der Waals surface area contributed by atoms with Crippen molar-refractivity contribution in [3.8, 4) is 0 Å². The zero-order valence-electron chi connectivity index (χ0n) is 11.4. The van der Waals surface area contributed by atoms with Crippen LogP contribution in [0.25, 0.3) is 0 Å². The first kappa shape index (κ1) is 15.2. The highest BCUT2D eigenvalue weighted by Gasteiger charge is 2.25. The lowest BCUT2D eigenvalue weighted by atomic mass is 10.3. The zero-order chi connectivity index (χ0) is 13.8. The number of ether oxygens (including phenoxy) is 1. The van der Waals surface area contributed by atoms with Crippen molar-refractivity contribution in [2.24, 2.45) is 0 Å². The predicted octanol–water partition coefficient (Wildman–Crippen LogP) is 2.41. The molecule has 1 rings (SSSR count). The van der Waals surface area contributed by atoms with Crippen molar-refractivity contribution in [2.75, 3.05) is 24.6 Å². The Hall–Kier alpha value is -0.843. The fourth-order valence-corrected chi connectivity index (χ4v) is 3.55. The second-order valence-corrected chi connectivity index (χ2v) is 10.4. The van der Waals surface area contributed by atoms with Gasteiger partial charge in [-0.1, -0.05) is 37.8 Å². The summed E-state index contributed by atoms with van der Waals surface area (Å²) in [6, 6.07) is 7.99. The molecule has 5 heteroatoms. The summed E-state index contributed by atoms with van der Waals surface area (Å²) >= 11 is 5.66. The molecule has 1 aromatic carbocycles. The van der Waals surface area contributed by atoms with Gasteiger partial charge in [0.1, 0.15) is 12.6 Å². The predicted molar refractivity (Wildman–Crippen MR) is 79.5 cm³/mol. The Balaban J connectivity index is 3.24. The Kier molecular flexibility index (Phi) is 5.38. The van der Waals surface area contributed by atoms with Crippen LogP contribution in [0.2, 0.25) is 19.6 Å². The molecule has 1 amide bonds. The van der Waals surface area contributed by atoms with Gasteiger partial charge in [-0.15, -0.1) is 11.6 Å². The van der Waals surface area contributed by atoms with Crippen molar-refractivity contribution in [3.05, 3.63) is 24.3 Å². The van der Waals surface area contributed by atoms with E-state index in [-0.39, 0.29) is 18.5 Å². The van der Waals surface area contributed by atoms with Gasteiger partial charge >= 0.3 is 0 Å². The quantitative estimate of drug-likeness (QED) is 0.472. The molecule has 0 aromatic heterocycles. The molecular weight excluding hydrogens is 266 g/mol. The molecule has 0 heterocycles. The van der Waals surface area contributed by atoms with E-state index >= 15 is 0 Å². The molecule has 0 bridgehead atoms. The summed E-state index contributed by atoms with van der Waals surface area (Å²) in [5.41, 5.74) is 0.921. The van der Waals surface area contributed by atoms with Crippen LogP contribution in [0.5, 0.6) is 0 Å². The monoisotopic (exact) mass is 285 g/mol. The van der Waals surface area contributed by atoms with Crippen molar-refractivity contribution in [2.45, 2.75) is 19.6 Å². The minimum absolute atomic E-state index is 0.0383. The molecule has 0 fully saturated rings. The van der Waals surface area contributed by atoms with Gasteiger partial charge in [0.05, 0.1) is 8.07 Å². The third-order valence-electron chi connectivity index (χ3n) is 2.68. The maximum absolute atomic E-state index is 11.9. The van der Waals surface area contributed by atoms with Crippen molar-refractivity contribution < 1.29 is 9.53 Å². The largest absolute Gasteiger partial charge is 0.364 e. The minimum Gasteiger partial charge on any atom is -0.364 e. The molecule has 0 saturated heterocycles. The van der Waals surface area contributed by atoms with Gasteiger partial charge in [0.2, 0.25) is 5.91 Å². The molecule has 18 heavy (non-hydrogen) atoms. The number of para-hydroxylation sites is 1. The Labute approximate surface area is 115 Å². The van der Waals surface area contributed by atoms with Crippen LogP contribution in [0.15, 0.2) is 24.3 Å². The first-order chi connectivity index (χ1) is 8.41. The number of amides is 1. The lowest BCUT2D eigenvalue weighted by Gasteiger charge is -2.28. The third-order valence-corrected chi connectivity index (χ3v) is 4.94. The van der Waals surface area contributed by atoms with Crippen LogP contribution in [0, 0.1) is 0 Å². The zero-order valence-corrected chi connectivity index (χ0v) is 13.1. The summed E-state index contributed by atoms with van der Waals surface area (Å²) in [7, 11) is 0.0542. The van der Waals surface area contributed by atoms with Crippen LogP contribution < -0.4 is 10.1 Å². The highest BCUT2D eigenvalue weighted by molar-refractivity contribution is 6.89. The van der Waals surface area contributed by atoms with E-state index in [0.717, 1.165) is 5.69 Å². The molecule has 0 spiro atoms. The Morgan fingerprint density at radius 1 is 1.33 bits per heavy atom. The minimum atomic E-state index is -1.52. The summed E-state index contributed by atoms with van der Waals surface area (Å²) in [6.45, 7) is 6.99. The fraction of sp³-hybridized carbons (Fsp3) is 0.462. The Morgan fingerprint density at radius 3 is 2.44 bits per heavy atom. The molecule has 3 nitrogen and oxygen atoms in total. The van der Waals surface area contributed by atoms with Gasteiger partial charge < -0.3 is 4.74 Å². The lowest BCUT2D eigenvalue weighted by molar-refractivity contribution is -0.117. The summed E-state index contributed by atoms with van der Waals surface area (Å²) < 4.78 is 5.11. The van der Waals surface area contributed by atoms with Gasteiger partial charge in [0.25, 0.3) is 0 Å². The van der Waals surface area contributed by atoms with Gasteiger partial charge in [-0.05, 0) is 11.3 Å². The van der Waals surface area contributed by atoms with E-state index in [1.165, 1.54) is 5.19 Å². The molecule has 0 saturated carbocycles. The van der Waals surface area contributed by atoms with Gasteiger partial charge in [-0.2, -0.15) is 0 Å². The van der Waals surface area contributed by atoms with Gasteiger partial charge in [0, 0.05) is 12.8 Å². The highest BCUT2D eigenvalue weighted by atomic mass is 35.5. The number of carbonyl (C=O) groups is 1. The number of benzene rings is 1. The highest BCUT2D eigenvalue weighted by Crippen LogP contribution is 2.17. The van der Waals surface area contributed by atoms with E-state index in [1.54, 1.807) is 12.0 Å². The standard InChI is InChI=1S/C13H20ClNO2Si/c1-17-10-15(13(16)9-14)11-7-5-6-8-12(11)18(2,3)4/h5-8H,9-10H2,1-4H3. The van der Waals surface area contributed by atoms with Crippen molar-refractivity contribution in [1.82, 2.24) is 0 Å². The Morgan fingerprint density at radius 2 is 1.94 bits per heavy atom. The average molecular weight is 286 g/mol. The van der Waals surface area contributed by atoms with E-state index in [0.29, 0.717) is 0 Å². The van der Waals surface area contributed by atoms with Gasteiger partial charge in [-0.25, -0.2) is 0 Å². The molecule has 1 aromatic rings. The normalized spacial score (nSPS) is 11.4. The van der Waals surface area contributed by atoms with E-state index in [2.05, 4.69) is 25.7 Å². The van der Waals surface area contributed by atoms with Crippen molar-refractivity contribution >= 4 is 36.5 Å². The smallest absolute Gasteiger partial charge is 0.243 e. The van der Waals surface area contributed by atoms with Crippen LogP contribution in [-0.4, -0.2) is 33.7 Å². The average Bonchev–Trinajstić information content (AvgIpc) is 2.34. The number of rotatable bonds is 5. The molecule has 0 aliphatic rings. The molecule has 0 N–H and O–H groups in total. The first-order valence-electron chi connectivity index (χ1n) is 5.86. The lowest BCUT2D eigenvalue weighted by Crippen LogP contribution is -2.45. The summed E-state index contributed by atoms with van der Waals surface area (Å²) in [6.07, 6.45) is 0. The maximum Gasteiger partial charge on any atom is 0.243 e. The van der Waals surface area contributed by atoms with Crippen LogP contribution in [0.3, 0.4) is 0 Å². The van der Waals surface area contributed by atoms with Crippen LogP contribution in [0.1, 0.15) is 0 Å². The molecule has 0 unspecified atom stereocenters. The second-order valence-electron chi connectivity index (χ2n) is 5.14. The molecular formula is C13H20ClNO2Si. The summed E-state index contributed by atoms with van der Waals surface area (Å²) in [4.78, 5) is 13.5. The molecule has 0 aliphatic carbocycles. The SMILES string of the molecule is COCN(C(=O)CCl)c1ccccc1[Si](C)(C)C. The summed E-state index contributed by atoms with van der Waals surface area (Å²) in [5, 5.41) is 1.24. The third kappa shape index (κ3) is 3.57. The van der Waals surface area contributed by atoms with Crippen LogP contribution >= 0.6 is 11.6 Å². The fourth-order valence-electron chi connectivity index (χ4n) is 1.82. The van der Waals surface area contributed by atoms with E-state index < -0.39 is 8.07 Å². The maximum atomic E-state index is 11.9. The number of methoxy groups -OCH3 is 1.